The second-order valence-electron chi connectivity index (χ2n) is 2.93. The summed E-state index contributed by atoms with van der Waals surface area (Å²) in [7, 11) is 3.51. The Bertz CT molecular complexity index is 291. The summed E-state index contributed by atoms with van der Waals surface area (Å²) >= 11 is 5.97. The van der Waals surface area contributed by atoms with Crippen LogP contribution in [-0.4, -0.2) is 20.8 Å². The average Bonchev–Trinajstić information content (AvgIpc) is 2.18. The van der Waals surface area contributed by atoms with Crippen molar-refractivity contribution in [2.45, 2.75) is 6.54 Å². The highest BCUT2D eigenvalue weighted by Crippen LogP contribution is 2.24. The van der Waals surface area contributed by atoms with Crippen molar-refractivity contribution in [2.75, 3.05) is 20.8 Å². The summed E-state index contributed by atoms with van der Waals surface area (Å²) in [5.74, 6) is 0.712. The molecular formula is C10H15ClN2O. The lowest BCUT2D eigenvalue weighted by Gasteiger charge is -2.07. The minimum atomic E-state index is 0.649. The highest BCUT2D eigenvalue weighted by atomic mass is 35.5. The minimum Gasteiger partial charge on any atom is -0.495 e. The number of rotatable bonds is 5. The zero-order valence-electron chi connectivity index (χ0n) is 8.43. The molecular weight excluding hydrogens is 200 g/mol. The average molecular weight is 215 g/mol. The summed E-state index contributed by atoms with van der Waals surface area (Å²) in [6.45, 7) is 1.58. The van der Waals surface area contributed by atoms with Gasteiger partial charge >= 0.3 is 0 Å². The van der Waals surface area contributed by atoms with E-state index in [4.69, 9.17) is 16.3 Å². The molecule has 78 valence electrons. The van der Waals surface area contributed by atoms with Gasteiger partial charge in [-0.3, -0.25) is 0 Å². The quantitative estimate of drug-likeness (QED) is 0.577. The molecule has 2 N–H and O–H groups in total. The molecule has 0 saturated carbocycles. The van der Waals surface area contributed by atoms with Gasteiger partial charge in [0.1, 0.15) is 5.75 Å². The molecule has 0 aliphatic rings. The van der Waals surface area contributed by atoms with E-state index in [0.29, 0.717) is 10.8 Å². The molecule has 0 bridgehead atoms. The summed E-state index contributed by atoms with van der Waals surface area (Å²) in [5, 5.41) is 6.86. The van der Waals surface area contributed by atoms with Gasteiger partial charge in [0, 0.05) is 13.2 Å². The number of halogens is 1. The highest BCUT2D eigenvalue weighted by Gasteiger charge is 2.00. The van der Waals surface area contributed by atoms with Gasteiger partial charge in [0.25, 0.3) is 0 Å². The van der Waals surface area contributed by atoms with Gasteiger partial charge in [-0.1, -0.05) is 17.7 Å². The second-order valence-corrected chi connectivity index (χ2v) is 3.33. The van der Waals surface area contributed by atoms with E-state index in [9.17, 15) is 0 Å². The molecule has 0 unspecified atom stereocenters. The summed E-state index contributed by atoms with van der Waals surface area (Å²) in [6.07, 6.45) is 0. The topological polar surface area (TPSA) is 33.3 Å². The van der Waals surface area contributed by atoms with Crippen LogP contribution in [-0.2, 0) is 6.54 Å². The van der Waals surface area contributed by atoms with Gasteiger partial charge in [0.05, 0.1) is 12.1 Å². The van der Waals surface area contributed by atoms with E-state index in [0.717, 1.165) is 18.8 Å². The van der Waals surface area contributed by atoms with Crippen molar-refractivity contribution >= 4 is 11.6 Å². The summed E-state index contributed by atoms with van der Waals surface area (Å²) in [5.41, 5.74) is 1.14. The van der Waals surface area contributed by atoms with Gasteiger partial charge in [-0.05, 0) is 24.7 Å². The van der Waals surface area contributed by atoms with E-state index in [2.05, 4.69) is 10.6 Å². The van der Waals surface area contributed by atoms with Crippen LogP contribution in [0.25, 0.3) is 0 Å². The molecule has 0 saturated heterocycles. The van der Waals surface area contributed by atoms with E-state index >= 15 is 0 Å². The van der Waals surface area contributed by atoms with Crippen molar-refractivity contribution in [2.24, 2.45) is 0 Å². The Morgan fingerprint density at radius 2 is 2.21 bits per heavy atom. The fourth-order valence-corrected chi connectivity index (χ4v) is 1.43. The Morgan fingerprint density at radius 1 is 1.43 bits per heavy atom. The predicted octanol–water partition coefficient (Wildman–Crippen LogP) is 1.62. The molecule has 4 heteroatoms. The van der Waals surface area contributed by atoms with Crippen LogP contribution in [0.1, 0.15) is 5.56 Å². The monoisotopic (exact) mass is 214 g/mol. The van der Waals surface area contributed by atoms with Gasteiger partial charge in [0.15, 0.2) is 0 Å². The van der Waals surface area contributed by atoms with Crippen LogP contribution in [0.2, 0.25) is 5.02 Å². The van der Waals surface area contributed by atoms with Crippen molar-refractivity contribution in [3.63, 3.8) is 0 Å². The van der Waals surface area contributed by atoms with Gasteiger partial charge in [-0.15, -0.1) is 0 Å². The maximum absolute atomic E-state index is 5.97. The molecule has 1 aromatic rings. The third-order valence-electron chi connectivity index (χ3n) is 1.85. The van der Waals surface area contributed by atoms with Gasteiger partial charge in [-0.2, -0.15) is 0 Å². The van der Waals surface area contributed by atoms with Crippen molar-refractivity contribution < 1.29 is 4.74 Å². The Kier molecular flexibility index (Phi) is 4.73. The first-order valence-corrected chi connectivity index (χ1v) is 4.83. The van der Waals surface area contributed by atoms with Gasteiger partial charge in [0.2, 0.25) is 0 Å². The van der Waals surface area contributed by atoms with Crippen LogP contribution in [0.4, 0.5) is 0 Å². The first kappa shape index (κ1) is 11.3. The summed E-state index contributed by atoms with van der Waals surface area (Å²) in [6, 6.07) is 5.77. The maximum Gasteiger partial charge on any atom is 0.137 e. The molecule has 0 spiro atoms. The lowest BCUT2D eigenvalue weighted by atomic mass is 10.2. The summed E-state index contributed by atoms with van der Waals surface area (Å²) < 4.78 is 5.06. The Morgan fingerprint density at radius 3 is 2.79 bits per heavy atom. The molecule has 0 amide bonds. The minimum absolute atomic E-state index is 0.649. The van der Waals surface area contributed by atoms with E-state index in [-0.39, 0.29) is 0 Å². The van der Waals surface area contributed by atoms with Gasteiger partial charge < -0.3 is 15.4 Å². The van der Waals surface area contributed by atoms with Crippen molar-refractivity contribution in [1.29, 1.82) is 0 Å². The number of hydrogen-bond acceptors (Lipinski definition) is 3. The van der Waals surface area contributed by atoms with Crippen LogP contribution in [0.15, 0.2) is 18.2 Å². The first-order valence-electron chi connectivity index (χ1n) is 4.45. The van der Waals surface area contributed by atoms with E-state index in [1.807, 2.05) is 25.2 Å². The van der Waals surface area contributed by atoms with Crippen LogP contribution >= 0.6 is 11.6 Å². The zero-order chi connectivity index (χ0) is 10.4. The molecule has 0 aliphatic heterocycles. The predicted molar refractivity (Wildman–Crippen MR) is 58.8 cm³/mol. The number of benzene rings is 1. The second kappa shape index (κ2) is 5.86. The molecule has 0 aliphatic carbocycles. The standard InChI is InChI=1S/C10H15ClN2O/c1-12-7-13-6-8-3-4-10(14-2)9(11)5-8/h3-5,12-13H,6-7H2,1-2H3. The third-order valence-corrected chi connectivity index (χ3v) is 2.14. The molecule has 0 aromatic heterocycles. The fraction of sp³-hybridized carbons (Fsp3) is 0.400. The van der Waals surface area contributed by atoms with Crippen LogP contribution < -0.4 is 15.4 Å². The van der Waals surface area contributed by atoms with Crippen molar-refractivity contribution in [1.82, 2.24) is 10.6 Å². The van der Waals surface area contributed by atoms with Gasteiger partial charge in [-0.25, -0.2) is 0 Å². The number of methoxy groups -OCH3 is 1. The molecule has 1 aromatic carbocycles. The number of ether oxygens (including phenoxy) is 1. The molecule has 0 fully saturated rings. The van der Waals surface area contributed by atoms with Crippen LogP contribution in [0.5, 0.6) is 5.75 Å². The lowest BCUT2D eigenvalue weighted by molar-refractivity contribution is 0.415. The Hall–Kier alpha value is -0.770. The molecule has 14 heavy (non-hydrogen) atoms. The van der Waals surface area contributed by atoms with Crippen LogP contribution in [0, 0.1) is 0 Å². The highest BCUT2D eigenvalue weighted by molar-refractivity contribution is 6.32. The zero-order valence-corrected chi connectivity index (χ0v) is 9.19. The molecule has 1 rings (SSSR count). The Balaban J connectivity index is 2.57. The van der Waals surface area contributed by atoms with E-state index in [1.165, 1.54) is 0 Å². The molecule has 0 atom stereocenters. The van der Waals surface area contributed by atoms with E-state index in [1.54, 1.807) is 7.11 Å². The SMILES string of the molecule is CNCNCc1ccc(OC)c(Cl)c1. The number of hydrogen-bond donors (Lipinski definition) is 2. The van der Waals surface area contributed by atoms with Crippen molar-refractivity contribution in [3.8, 4) is 5.75 Å². The fourth-order valence-electron chi connectivity index (χ4n) is 1.15. The van der Waals surface area contributed by atoms with E-state index < -0.39 is 0 Å². The normalized spacial score (nSPS) is 10.2. The summed E-state index contributed by atoms with van der Waals surface area (Å²) in [4.78, 5) is 0. The third kappa shape index (κ3) is 3.18. The molecule has 0 radical (unpaired) electrons. The van der Waals surface area contributed by atoms with Crippen molar-refractivity contribution in [3.05, 3.63) is 28.8 Å². The lowest BCUT2D eigenvalue weighted by Crippen LogP contribution is -2.25. The van der Waals surface area contributed by atoms with Crippen LogP contribution in [0.3, 0.4) is 0 Å². The molecule has 0 heterocycles. The largest absolute Gasteiger partial charge is 0.495 e. The first-order chi connectivity index (χ1) is 6.77. The maximum atomic E-state index is 5.97. The molecule has 3 nitrogen and oxygen atoms in total. The Labute approximate surface area is 89.4 Å². The smallest absolute Gasteiger partial charge is 0.137 e. The number of nitrogens with one attached hydrogen (secondary N) is 2.